The summed E-state index contributed by atoms with van der Waals surface area (Å²) in [4.78, 5) is 43.3. The first-order valence-corrected chi connectivity index (χ1v) is 10.6. The van der Waals surface area contributed by atoms with Crippen LogP contribution in [0.4, 0.5) is 27.5 Å². The highest BCUT2D eigenvalue weighted by Crippen LogP contribution is 2.45. The molecular formula is C20H18N6O4S. The number of nitrogens with zero attached hydrogens (tertiary/aromatic N) is 3. The Hall–Kier alpha value is -3.57. The van der Waals surface area contributed by atoms with Crippen molar-refractivity contribution in [2.45, 2.75) is 18.9 Å². The van der Waals surface area contributed by atoms with Crippen molar-refractivity contribution in [3.63, 3.8) is 0 Å². The average Bonchev–Trinajstić information content (AvgIpc) is 3.14. The number of urea groups is 1. The van der Waals surface area contributed by atoms with Crippen molar-refractivity contribution >= 4 is 56.2 Å². The predicted octanol–water partition coefficient (Wildman–Crippen LogP) is 3.37. The van der Waals surface area contributed by atoms with Crippen molar-refractivity contribution in [2.75, 3.05) is 23.3 Å². The Balaban J connectivity index is 1.54. The van der Waals surface area contributed by atoms with Crippen LogP contribution < -0.4 is 20.9 Å². The second-order valence-corrected chi connectivity index (χ2v) is 8.37. The van der Waals surface area contributed by atoms with Crippen LogP contribution in [0.2, 0.25) is 0 Å². The summed E-state index contributed by atoms with van der Waals surface area (Å²) in [7, 11) is 0. The zero-order valence-corrected chi connectivity index (χ0v) is 17.1. The van der Waals surface area contributed by atoms with Gasteiger partial charge < -0.3 is 16.0 Å². The molecule has 2 aliphatic heterocycles. The number of pyridine rings is 1. The Morgan fingerprint density at radius 2 is 2.10 bits per heavy atom. The number of nitro benzene ring substituents is 1. The minimum absolute atomic E-state index is 0.0435. The van der Waals surface area contributed by atoms with E-state index in [1.165, 1.54) is 40.5 Å². The van der Waals surface area contributed by atoms with Gasteiger partial charge in [0.25, 0.3) is 11.6 Å². The number of nitrogens with one attached hydrogen (secondary N) is 3. The lowest BCUT2D eigenvalue weighted by Gasteiger charge is -2.28. The Morgan fingerprint density at radius 1 is 1.29 bits per heavy atom. The first-order chi connectivity index (χ1) is 15.0. The summed E-state index contributed by atoms with van der Waals surface area (Å²) < 4.78 is 0. The topological polar surface area (TPSA) is 130 Å². The van der Waals surface area contributed by atoms with Crippen LogP contribution in [-0.4, -0.2) is 41.0 Å². The van der Waals surface area contributed by atoms with Crippen LogP contribution in [0.3, 0.4) is 0 Å². The van der Waals surface area contributed by atoms with Gasteiger partial charge in [0.15, 0.2) is 0 Å². The number of thiophene rings is 1. The van der Waals surface area contributed by atoms with Gasteiger partial charge in [-0.1, -0.05) is 0 Å². The molecule has 1 atom stereocenters. The highest BCUT2D eigenvalue weighted by Gasteiger charge is 2.33. The molecule has 2 aliphatic rings. The third-order valence-corrected chi connectivity index (χ3v) is 6.50. The van der Waals surface area contributed by atoms with E-state index >= 15 is 0 Å². The fraction of sp³-hybridized carbons (Fsp3) is 0.250. The molecule has 3 aromatic rings. The van der Waals surface area contributed by atoms with Gasteiger partial charge in [-0.25, -0.2) is 9.78 Å². The standard InChI is InChI=1S/C20H18N6O4S/c27-18(23-11-2-1-8-21-10-11)17-16-15-14(7-9-22-19(15)31-17)25(20(28)24-16)12-3-5-13(6-4-12)26(29)30/h3-7,9,11,21H,1-2,8,10H2,(H,23,27)(H,24,28)/t11-/m1/s1. The van der Waals surface area contributed by atoms with Gasteiger partial charge in [-0.15, -0.1) is 11.3 Å². The molecule has 10 nitrogen and oxygen atoms in total. The lowest BCUT2D eigenvalue weighted by molar-refractivity contribution is -0.384. The molecule has 0 aliphatic carbocycles. The molecule has 0 radical (unpaired) electrons. The van der Waals surface area contributed by atoms with Crippen LogP contribution in [0.25, 0.3) is 10.2 Å². The van der Waals surface area contributed by atoms with Gasteiger partial charge in [-0.2, -0.15) is 0 Å². The largest absolute Gasteiger partial charge is 0.347 e. The Morgan fingerprint density at radius 3 is 2.81 bits per heavy atom. The number of rotatable bonds is 4. The van der Waals surface area contributed by atoms with Gasteiger partial charge in [-0.05, 0) is 37.6 Å². The van der Waals surface area contributed by atoms with E-state index in [9.17, 15) is 19.7 Å². The third kappa shape index (κ3) is 3.37. The summed E-state index contributed by atoms with van der Waals surface area (Å²) in [5.41, 5.74) is 1.44. The van der Waals surface area contributed by atoms with Crippen molar-refractivity contribution in [3.8, 4) is 0 Å². The second-order valence-electron chi connectivity index (χ2n) is 7.37. The molecule has 4 heterocycles. The second kappa shape index (κ2) is 7.60. The fourth-order valence-corrected chi connectivity index (χ4v) is 4.97. The fourth-order valence-electron chi connectivity index (χ4n) is 3.95. The summed E-state index contributed by atoms with van der Waals surface area (Å²) >= 11 is 1.23. The van der Waals surface area contributed by atoms with Crippen molar-refractivity contribution in [2.24, 2.45) is 0 Å². The first kappa shape index (κ1) is 19.4. The molecule has 1 fully saturated rings. The lowest BCUT2D eigenvalue weighted by atomic mass is 10.1. The minimum atomic E-state index is -0.492. The summed E-state index contributed by atoms with van der Waals surface area (Å²) in [5.74, 6) is -0.235. The van der Waals surface area contributed by atoms with E-state index in [4.69, 9.17) is 0 Å². The molecule has 2 aromatic heterocycles. The maximum absolute atomic E-state index is 13.0. The van der Waals surface area contributed by atoms with E-state index in [1.807, 2.05) is 0 Å². The van der Waals surface area contributed by atoms with Gasteiger partial charge in [0.2, 0.25) is 0 Å². The van der Waals surface area contributed by atoms with Crippen molar-refractivity contribution < 1.29 is 14.5 Å². The Kier molecular flexibility index (Phi) is 4.75. The number of aromatic nitrogens is 1. The van der Waals surface area contributed by atoms with Gasteiger partial charge in [0, 0.05) is 30.9 Å². The number of hydrogen-bond donors (Lipinski definition) is 3. The van der Waals surface area contributed by atoms with Crippen LogP contribution in [0, 0.1) is 10.1 Å². The molecule has 0 saturated carbocycles. The molecule has 158 valence electrons. The molecule has 1 saturated heterocycles. The van der Waals surface area contributed by atoms with Crippen molar-refractivity contribution in [1.82, 2.24) is 15.6 Å². The summed E-state index contributed by atoms with van der Waals surface area (Å²) in [6, 6.07) is 7.03. The van der Waals surface area contributed by atoms with Crippen LogP contribution in [0.15, 0.2) is 36.5 Å². The Bertz CT molecular complexity index is 1200. The predicted molar refractivity (Wildman–Crippen MR) is 117 cm³/mol. The van der Waals surface area contributed by atoms with Crippen LogP contribution in [-0.2, 0) is 0 Å². The molecular weight excluding hydrogens is 420 g/mol. The van der Waals surface area contributed by atoms with Crippen molar-refractivity contribution in [3.05, 3.63) is 51.5 Å². The van der Waals surface area contributed by atoms with Gasteiger partial charge in [0.05, 0.1) is 27.4 Å². The van der Waals surface area contributed by atoms with Crippen LogP contribution in [0.1, 0.15) is 22.5 Å². The molecule has 0 unspecified atom stereocenters. The van der Waals surface area contributed by atoms with Crippen LogP contribution in [0.5, 0.6) is 0 Å². The summed E-state index contributed by atoms with van der Waals surface area (Å²) in [6.07, 6.45) is 3.49. The van der Waals surface area contributed by atoms with Gasteiger partial charge in [0.1, 0.15) is 9.71 Å². The summed E-state index contributed by atoms with van der Waals surface area (Å²) in [5, 5.41) is 20.8. The van der Waals surface area contributed by atoms with Gasteiger partial charge >= 0.3 is 6.03 Å². The normalized spacial score (nSPS) is 18.0. The number of benzene rings is 1. The molecule has 0 bridgehead atoms. The van der Waals surface area contributed by atoms with E-state index in [2.05, 4.69) is 20.9 Å². The number of piperidine rings is 1. The third-order valence-electron chi connectivity index (χ3n) is 5.40. The molecule has 11 heteroatoms. The molecule has 5 rings (SSSR count). The zero-order chi connectivity index (χ0) is 21.5. The van der Waals surface area contributed by atoms with Gasteiger partial charge in [-0.3, -0.25) is 19.8 Å². The van der Waals surface area contributed by atoms with E-state index in [0.29, 0.717) is 32.2 Å². The highest BCUT2D eigenvalue weighted by atomic mass is 32.1. The van der Waals surface area contributed by atoms with Crippen molar-refractivity contribution in [1.29, 1.82) is 0 Å². The molecule has 3 N–H and O–H groups in total. The SMILES string of the molecule is O=C(N[C@@H]1CCCNC1)c1sc2nccc3c2c1NC(=O)N3c1ccc([N+](=O)[O-])cc1. The zero-order valence-electron chi connectivity index (χ0n) is 16.3. The maximum atomic E-state index is 13.0. The molecule has 1 aromatic carbocycles. The van der Waals surface area contributed by atoms with Crippen LogP contribution >= 0.6 is 11.3 Å². The molecule has 31 heavy (non-hydrogen) atoms. The number of anilines is 3. The highest BCUT2D eigenvalue weighted by molar-refractivity contribution is 7.21. The monoisotopic (exact) mass is 438 g/mol. The number of hydrogen-bond acceptors (Lipinski definition) is 7. The number of amides is 3. The van der Waals surface area contributed by atoms with E-state index in [-0.39, 0.29) is 17.6 Å². The van der Waals surface area contributed by atoms with E-state index in [1.54, 1.807) is 12.3 Å². The number of carbonyl (C=O) groups is 2. The Labute approximate surface area is 180 Å². The quantitative estimate of drug-likeness (QED) is 0.423. The molecule has 0 spiro atoms. The van der Waals surface area contributed by atoms with E-state index < -0.39 is 11.0 Å². The number of nitro groups is 1. The van der Waals surface area contributed by atoms with E-state index in [0.717, 1.165) is 25.9 Å². The average molecular weight is 438 g/mol. The number of non-ortho nitro benzene ring substituents is 1. The molecule has 3 amide bonds. The lowest BCUT2D eigenvalue weighted by Crippen LogP contribution is -2.45. The minimum Gasteiger partial charge on any atom is -0.347 e. The first-order valence-electron chi connectivity index (χ1n) is 9.81. The summed E-state index contributed by atoms with van der Waals surface area (Å²) in [6.45, 7) is 1.66. The maximum Gasteiger partial charge on any atom is 0.331 e. The number of carbonyl (C=O) groups excluding carboxylic acids is 2. The smallest absolute Gasteiger partial charge is 0.331 e.